The van der Waals surface area contributed by atoms with Crippen molar-refractivity contribution in [2.75, 3.05) is 41.7 Å². The number of nitrogens with zero attached hydrogens (tertiary/aromatic N) is 2. The molecule has 0 saturated carbocycles. The van der Waals surface area contributed by atoms with E-state index in [-0.39, 0.29) is 37.4 Å². The third-order valence-corrected chi connectivity index (χ3v) is 6.77. The molecule has 0 unspecified atom stereocenters. The molecule has 4 rings (SSSR count). The minimum atomic E-state index is -0.271. The maximum Gasteiger partial charge on any atom is 0.241 e. The number of hydrogen-bond acceptors (Lipinski definition) is 4. The fraction of sp³-hybridized carbons (Fsp3) is 0.300. The third kappa shape index (κ3) is 6.24. The van der Waals surface area contributed by atoms with Crippen molar-refractivity contribution < 1.29 is 14.4 Å². The molecule has 0 radical (unpaired) electrons. The molecule has 37 heavy (non-hydrogen) atoms. The van der Waals surface area contributed by atoms with Crippen molar-refractivity contribution in [2.24, 2.45) is 0 Å². The number of rotatable bonds is 8. The van der Waals surface area contributed by atoms with Gasteiger partial charge in [-0.25, -0.2) is 0 Å². The molecule has 7 heteroatoms. The van der Waals surface area contributed by atoms with Crippen LogP contribution in [0.25, 0.3) is 0 Å². The van der Waals surface area contributed by atoms with Crippen LogP contribution in [0.15, 0.2) is 60.7 Å². The molecule has 3 aromatic carbocycles. The van der Waals surface area contributed by atoms with E-state index in [9.17, 15) is 14.4 Å². The topological polar surface area (TPSA) is 81.8 Å². The predicted molar refractivity (Wildman–Crippen MR) is 148 cm³/mol. The Balaban J connectivity index is 1.50. The lowest BCUT2D eigenvalue weighted by Gasteiger charge is -2.25. The Morgan fingerprint density at radius 3 is 1.70 bits per heavy atom. The second kappa shape index (κ2) is 11.4. The lowest BCUT2D eigenvalue weighted by atomic mass is 10.1. The number of amides is 3. The lowest BCUT2D eigenvalue weighted by molar-refractivity contribution is -0.123. The van der Waals surface area contributed by atoms with E-state index in [4.69, 9.17) is 0 Å². The molecule has 0 atom stereocenters. The van der Waals surface area contributed by atoms with Crippen molar-refractivity contribution in [2.45, 2.75) is 34.1 Å². The smallest absolute Gasteiger partial charge is 0.241 e. The van der Waals surface area contributed by atoms with Crippen molar-refractivity contribution in [3.8, 4) is 0 Å². The van der Waals surface area contributed by atoms with E-state index >= 15 is 0 Å². The molecule has 1 aliphatic rings. The zero-order valence-electron chi connectivity index (χ0n) is 21.9. The summed E-state index contributed by atoms with van der Waals surface area (Å²) in [5.74, 6) is -0.677. The number of benzene rings is 3. The van der Waals surface area contributed by atoms with Gasteiger partial charge in [0, 0.05) is 23.6 Å². The van der Waals surface area contributed by atoms with Gasteiger partial charge in [0.15, 0.2) is 0 Å². The first-order valence-electron chi connectivity index (χ1n) is 12.6. The quantitative estimate of drug-likeness (QED) is 0.483. The number of carbonyl (C=O) groups excluding carboxylic acids is 3. The van der Waals surface area contributed by atoms with Gasteiger partial charge in [0.25, 0.3) is 0 Å². The first-order valence-corrected chi connectivity index (χ1v) is 12.6. The van der Waals surface area contributed by atoms with Gasteiger partial charge in [-0.05, 0) is 68.0 Å². The summed E-state index contributed by atoms with van der Waals surface area (Å²) in [6, 6.07) is 19.5. The summed E-state index contributed by atoms with van der Waals surface area (Å²) >= 11 is 0. The predicted octanol–water partition coefficient (Wildman–Crippen LogP) is 4.39. The van der Waals surface area contributed by atoms with E-state index in [1.165, 1.54) is 0 Å². The van der Waals surface area contributed by atoms with Crippen LogP contribution in [0.1, 0.15) is 27.8 Å². The van der Waals surface area contributed by atoms with Crippen LogP contribution in [-0.4, -0.2) is 48.8 Å². The zero-order chi connectivity index (χ0) is 26.5. The van der Waals surface area contributed by atoms with Crippen LogP contribution in [0.2, 0.25) is 0 Å². The Morgan fingerprint density at radius 1 is 0.703 bits per heavy atom. The number of para-hydroxylation sites is 3. The van der Waals surface area contributed by atoms with E-state index in [2.05, 4.69) is 10.6 Å². The normalized spacial score (nSPS) is 12.4. The van der Waals surface area contributed by atoms with Gasteiger partial charge in [-0.1, -0.05) is 54.6 Å². The minimum absolute atomic E-state index is 0.0469. The standard InChI is InChI=1S/C30H34N4O3/c1-20-9-7-10-21(2)29(20)31-26(35)17-33(18-27(36)32-30-22(3)11-8-12-23(30)4)19-28(37)34-16-15-24-13-5-6-14-25(24)34/h5-14H,15-19H2,1-4H3,(H,31,35)(H,32,36). The molecular weight excluding hydrogens is 464 g/mol. The second-order valence-corrected chi connectivity index (χ2v) is 9.70. The SMILES string of the molecule is Cc1cccc(C)c1NC(=O)CN(CC(=O)Nc1c(C)cccc1C)CC(=O)N1CCc2ccccc21. The molecule has 0 spiro atoms. The van der Waals surface area contributed by atoms with Gasteiger partial charge in [0.05, 0.1) is 19.6 Å². The van der Waals surface area contributed by atoms with E-state index in [1.54, 1.807) is 9.80 Å². The molecule has 1 heterocycles. The van der Waals surface area contributed by atoms with Crippen LogP contribution in [-0.2, 0) is 20.8 Å². The van der Waals surface area contributed by atoms with Crippen molar-refractivity contribution >= 4 is 34.8 Å². The number of carbonyl (C=O) groups is 3. The molecule has 1 aliphatic heterocycles. The summed E-state index contributed by atoms with van der Waals surface area (Å²) in [4.78, 5) is 42.8. The van der Waals surface area contributed by atoms with Gasteiger partial charge in [0.2, 0.25) is 17.7 Å². The molecule has 0 aliphatic carbocycles. The molecule has 0 saturated heterocycles. The van der Waals surface area contributed by atoms with Gasteiger partial charge in [-0.15, -0.1) is 0 Å². The van der Waals surface area contributed by atoms with Crippen LogP contribution in [0.4, 0.5) is 17.1 Å². The summed E-state index contributed by atoms with van der Waals surface area (Å²) in [6.45, 7) is 8.12. The molecular formula is C30H34N4O3. The number of fused-ring (bicyclic) bond motifs is 1. The maximum atomic E-state index is 13.3. The highest BCUT2D eigenvalue weighted by Gasteiger charge is 2.27. The largest absolute Gasteiger partial charge is 0.324 e. The van der Waals surface area contributed by atoms with Crippen molar-refractivity contribution in [1.29, 1.82) is 0 Å². The minimum Gasteiger partial charge on any atom is -0.324 e. The first-order chi connectivity index (χ1) is 17.7. The van der Waals surface area contributed by atoms with Crippen LogP contribution >= 0.6 is 0 Å². The summed E-state index contributed by atoms with van der Waals surface area (Å²) in [5.41, 5.74) is 7.36. The van der Waals surface area contributed by atoms with Crippen LogP contribution < -0.4 is 15.5 Å². The summed E-state index contributed by atoms with van der Waals surface area (Å²) in [5, 5.41) is 5.94. The van der Waals surface area contributed by atoms with E-state index < -0.39 is 0 Å². The molecule has 0 bridgehead atoms. The van der Waals surface area contributed by atoms with Gasteiger partial charge in [-0.2, -0.15) is 0 Å². The average Bonchev–Trinajstić information content (AvgIpc) is 3.28. The van der Waals surface area contributed by atoms with Crippen molar-refractivity contribution in [1.82, 2.24) is 4.90 Å². The molecule has 0 fully saturated rings. The summed E-state index contributed by atoms with van der Waals surface area (Å²) < 4.78 is 0. The third-order valence-electron chi connectivity index (χ3n) is 6.77. The summed E-state index contributed by atoms with van der Waals surface area (Å²) in [7, 11) is 0. The first kappa shape index (κ1) is 26.1. The zero-order valence-corrected chi connectivity index (χ0v) is 21.9. The number of anilines is 3. The molecule has 0 aromatic heterocycles. The highest BCUT2D eigenvalue weighted by atomic mass is 16.2. The molecule has 7 nitrogen and oxygen atoms in total. The molecule has 2 N–H and O–H groups in total. The summed E-state index contributed by atoms with van der Waals surface area (Å²) in [6.07, 6.45) is 0.794. The Bertz CT molecular complexity index is 1230. The average molecular weight is 499 g/mol. The fourth-order valence-electron chi connectivity index (χ4n) is 4.83. The van der Waals surface area contributed by atoms with Crippen LogP contribution in [0, 0.1) is 27.7 Å². The van der Waals surface area contributed by atoms with E-state index in [1.807, 2.05) is 88.4 Å². The van der Waals surface area contributed by atoms with Gasteiger partial charge in [0.1, 0.15) is 0 Å². The maximum absolute atomic E-state index is 13.3. The number of aryl methyl sites for hydroxylation is 4. The Hall–Kier alpha value is -3.97. The van der Waals surface area contributed by atoms with Crippen LogP contribution in [0.3, 0.4) is 0 Å². The molecule has 192 valence electrons. The van der Waals surface area contributed by atoms with Gasteiger partial charge < -0.3 is 15.5 Å². The number of nitrogens with one attached hydrogen (secondary N) is 2. The Labute approximate surface area is 218 Å². The van der Waals surface area contributed by atoms with Crippen LogP contribution in [0.5, 0.6) is 0 Å². The lowest BCUT2D eigenvalue weighted by Crippen LogP contribution is -2.45. The molecule has 3 aromatic rings. The Morgan fingerprint density at radius 2 is 1.19 bits per heavy atom. The van der Waals surface area contributed by atoms with Crippen molar-refractivity contribution in [3.63, 3.8) is 0 Å². The van der Waals surface area contributed by atoms with Crippen molar-refractivity contribution in [3.05, 3.63) is 88.5 Å². The van der Waals surface area contributed by atoms with Gasteiger partial charge >= 0.3 is 0 Å². The Kier molecular flexibility index (Phi) is 8.04. The highest BCUT2D eigenvalue weighted by molar-refractivity contribution is 5.99. The van der Waals surface area contributed by atoms with Gasteiger partial charge in [-0.3, -0.25) is 19.3 Å². The fourth-order valence-corrected chi connectivity index (χ4v) is 4.83. The molecule has 3 amide bonds. The second-order valence-electron chi connectivity index (χ2n) is 9.70. The van der Waals surface area contributed by atoms with E-state index in [0.717, 1.165) is 51.3 Å². The van der Waals surface area contributed by atoms with E-state index in [0.29, 0.717) is 6.54 Å². The number of hydrogen-bond donors (Lipinski definition) is 2. The highest BCUT2D eigenvalue weighted by Crippen LogP contribution is 2.27. The monoisotopic (exact) mass is 498 g/mol.